The number of nitrogens with zero attached hydrogens (tertiary/aromatic N) is 2. The Morgan fingerprint density at radius 3 is 1.84 bits per heavy atom. The van der Waals surface area contributed by atoms with Crippen LogP contribution < -0.4 is 4.90 Å². The predicted octanol–water partition coefficient (Wildman–Crippen LogP) is 8.63. The van der Waals surface area contributed by atoms with E-state index in [4.69, 9.17) is 0 Å². The van der Waals surface area contributed by atoms with Crippen LogP contribution in [0.2, 0.25) is 0 Å². The molecule has 0 unspecified atom stereocenters. The maximum atomic E-state index is 12.6. The average Bonchev–Trinajstić information content (AvgIpc) is 3.10. The normalized spacial score (nSPS) is 13.1. The first-order valence-electron chi connectivity index (χ1n) is 16.3. The van der Waals surface area contributed by atoms with Crippen LogP contribution in [0.1, 0.15) is 50.7 Å². The molecule has 4 aromatic carbocycles. The van der Waals surface area contributed by atoms with E-state index in [2.05, 4.69) is 35.5 Å². The monoisotopic (exact) mass is 697 g/mol. The SMILES string of the molecule is CCCCN(c1ccccc1)c1ccc(C(=C2C=CC(=[N+](CCCC)c3ccc(S(=O)(=O)O)cc3)C=C2)c2ccccc2S(=O)(=O)O)cc1. The van der Waals surface area contributed by atoms with Crippen molar-refractivity contribution in [1.29, 1.82) is 0 Å². The third-order valence-corrected chi connectivity index (χ3v) is 10.1. The Bertz CT molecular complexity index is 2100. The maximum absolute atomic E-state index is 12.6. The fraction of sp³-hybridized carbons (Fsp3) is 0.205. The number of para-hydroxylation sites is 1. The molecule has 10 heteroatoms. The second kappa shape index (κ2) is 15.7. The summed E-state index contributed by atoms with van der Waals surface area (Å²) in [6.45, 7) is 5.76. The van der Waals surface area contributed by atoms with Gasteiger partial charge in [-0.25, -0.2) is 0 Å². The van der Waals surface area contributed by atoms with E-state index in [-0.39, 0.29) is 9.79 Å². The van der Waals surface area contributed by atoms with Crippen LogP contribution in [0.25, 0.3) is 5.57 Å². The molecule has 49 heavy (non-hydrogen) atoms. The van der Waals surface area contributed by atoms with E-state index in [0.717, 1.165) is 66.1 Å². The largest absolute Gasteiger partial charge is 0.341 e. The summed E-state index contributed by atoms with van der Waals surface area (Å²) in [6.07, 6.45) is 11.6. The van der Waals surface area contributed by atoms with E-state index in [0.29, 0.717) is 17.7 Å². The third kappa shape index (κ3) is 8.71. The van der Waals surface area contributed by atoms with Gasteiger partial charge < -0.3 is 4.90 Å². The summed E-state index contributed by atoms with van der Waals surface area (Å²) in [5, 5.41) is 0. The molecule has 1 aliphatic rings. The minimum absolute atomic E-state index is 0.179. The second-order valence-electron chi connectivity index (χ2n) is 11.8. The summed E-state index contributed by atoms with van der Waals surface area (Å²) < 4.78 is 70.1. The van der Waals surface area contributed by atoms with Gasteiger partial charge >= 0.3 is 0 Å². The van der Waals surface area contributed by atoms with E-state index in [1.165, 1.54) is 18.2 Å². The molecule has 0 atom stereocenters. The molecule has 5 rings (SSSR count). The predicted molar refractivity (Wildman–Crippen MR) is 196 cm³/mol. The minimum Gasteiger partial charge on any atom is -0.341 e. The van der Waals surface area contributed by atoms with E-state index in [1.54, 1.807) is 30.3 Å². The Labute approximate surface area is 289 Å². The van der Waals surface area contributed by atoms with Crippen LogP contribution in [-0.2, 0) is 20.2 Å². The third-order valence-electron chi connectivity index (χ3n) is 8.35. The lowest BCUT2D eigenvalue weighted by atomic mass is 9.90. The Balaban J connectivity index is 1.63. The molecule has 0 amide bonds. The lowest BCUT2D eigenvalue weighted by Gasteiger charge is -2.25. The molecule has 0 aromatic heterocycles. The van der Waals surface area contributed by atoms with Gasteiger partial charge in [-0.2, -0.15) is 21.4 Å². The Hall–Kier alpha value is -4.61. The molecule has 8 nitrogen and oxygen atoms in total. The van der Waals surface area contributed by atoms with Crippen LogP contribution in [0.5, 0.6) is 0 Å². The summed E-state index contributed by atoms with van der Waals surface area (Å²) in [4.78, 5) is 1.90. The van der Waals surface area contributed by atoms with Crippen LogP contribution in [0, 0.1) is 0 Å². The second-order valence-corrected chi connectivity index (χ2v) is 14.6. The van der Waals surface area contributed by atoms with Gasteiger partial charge in [0.25, 0.3) is 20.2 Å². The van der Waals surface area contributed by atoms with Gasteiger partial charge in [-0.15, -0.1) is 0 Å². The van der Waals surface area contributed by atoms with Crippen molar-refractivity contribution in [2.24, 2.45) is 0 Å². The first kappa shape index (κ1) is 35.7. The zero-order chi connectivity index (χ0) is 35.0. The summed E-state index contributed by atoms with van der Waals surface area (Å²) >= 11 is 0. The number of rotatable bonds is 13. The Morgan fingerprint density at radius 2 is 1.24 bits per heavy atom. The topological polar surface area (TPSA) is 115 Å². The lowest BCUT2D eigenvalue weighted by molar-refractivity contribution is -0.439. The fourth-order valence-corrected chi connectivity index (χ4v) is 7.02. The van der Waals surface area contributed by atoms with Crippen molar-refractivity contribution in [3.63, 3.8) is 0 Å². The molecular weight excluding hydrogens is 657 g/mol. The highest BCUT2D eigenvalue weighted by Gasteiger charge is 2.23. The van der Waals surface area contributed by atoms with E-state index >= 15 is 0 Å². The number of hydrogen-bond donors (Lipinski definition) is 2. The molecule has 4 aromatic rings. The minimum atomic E-state index is -4.54. The van der Waals surface area contributed by atoms with Gasteiger partial charge in [0, 0.05) is 54.2 Å². The Morgan fingerprint density at radius 1 is 0.653 bits per heavy atom. The fourth-order valence-electron chi connectivity index (χ4n) is 5.84. The van der Waals surface area contributed by atoms with Crippen molar-refractivity contribution >= 4 is 48.6 Å². The van der Waals surface area contributed by atoms with E-state index in [1.807, 2.05) is 66.8 Å². The molecule has 254 valence electrons. The summed E-state index contributed by atoms with van der Waals surface area (Å²) in [6, 6.07) is 30.7. The zero-order valence-corrected chi connectivity index (χ0v) is 29.2. The van der Waals surface area contributed by atoms with Gasteiger partial charge in [0.15, 0.2) is 0 Å². The van der Waals surface area contributed by atoms with Crippen LogP contribution in [0.15, 0.2) is 143 Å². The molecule has 0 saturated heterocycles. The molecule has 0 aliphatic heterocycles. The van der Waals surface area contributed by atoms with Gasteiger partial charge in [0.05, 0.1) is 4.90 Å². The standard InChI is InChI=1S/C39H40N2O6S2/c1-3-5-28-40(32-12-8-7-9-13-32)33-20-16-30(17-21-33)39(37-14-10-11-15-38(37)49(45,46)47)31-18-22-34(23-19-31)41(29-6-4-2)35-24-26-36(27-25-35)48(42,43)44/h7-27H,3-6,28-29H2,1-2H3,(H-,42,43,44,45,46,47)/p+1. The molecule has 1 aliphatic carbocycles. The smallest absolute Gasteiger partial charge is 0.295 e. The van der Waals surface area contributed by atoms with Gasteiger partial charge in [-0.1, -0.05) is 75.2 Å². The summed E-state index contributed by atoms with van der Waals surface area (Å²) in [5.74, 6) is 0. The first-order chi connectivity index (χ1) is 23.5. The number of unbranched alkanes of at least 4 members (excludes halogenated alkanes) is 2. The molecule has 0 heterocycles. The van der Waals surface area contributed by atoms with Crippen molar-refractivity contribution in [2.45, 2.75) is 49.3 Å². The van der Waals surface area contributed by atoms with Gasteiger partial charge in [0.1, 0.15) is 11.4 Å². The van der Waals surface area contributed by atoms with Crippen molar-refractivity contribution in [3.8, 4) is 0 Å². The van der Waals surface area contributed by atoms with Gasteiger partial charge in [0.2, 0.25) is 11.4 Å². The number of allylic oxidation sites excluding steroid dienone is 5. The average molecular weight is 698 g/mol. The van der Waals surface area contributed by atoms with Crippen molar-refractivity contribution < 1.29 is 30.5 Å². The van der Waals surface area contributed by atoms with Crippen LogP contribution in [0.3, 0.4) is 0 Å². The summed E-state index contributed by atoms with van der Waals surface area (Å²) in [5.41, 5.74) is 6.24. The molecule has 2 N–H and O–H groups in total. The number of benzene rings is 4. The molecule has 0 saturated carbocycles. The van der Waals surface area contributed by atoms with Gasteiger partial charge in [-0.05, 0) is 77.7 Å². The highest BCUT2D eigenvalue weighted by Crippen LogP contribution is 2.36. The highest BCUT2D eigenvalue weighted by molar-refractivity contribution is 7.86. The van der Waals surface area contributed by atoms with Crippen LogP contribution in [-0.4, -0.2) is 49.3 Å². The van der Waals surface area contributed by atoms with Crippen molar-refractivity contribution in [1.82, 2.24) is 0 Å². The molecule has 0 spiro atoms. The van der Waals surface area contributed by atoms with E-state index in [9.17, 15) is 25.9 Å². The zero-order valence-electron chi connectivity index (χ0n) is 27.6. The number of anilines is 2. The van der Waals surface area contributed by atoms with Crippen molar-refractivity contribution in [3.05, 3.63) is 144 Å². The van der Waals surface area contributed by atoms with Crippen LogP contribution >= 0.6 is 0 Å². The summed E-state index contributed by atoms with van der Waals surface area (Å²) in [7, 11) is -8.86. The van der Waals surface area contributed by atoms with E-state index < -0.39 is 20.2 Å². The molecule has 0 radical (unpaired) electrons. The molecule has 0 fully saturated rings. The first-order valence-corrected chi connectivity index (χ1v) is 19.2. The Kier molecular flexibility index (Phi) is 11.5. The highest BCUT2D eigenvalue weighted by atomic mass is 32.2. The quantitative estimate of drug-likeness (QED) is 0.106. The molecule has 0 bridgehead atoms. The number of hydrogen-bond acceptors (Lipinski definition) is 5. The lowest BCUT2D eigenvalue weighted by Crippen LogP contribution is -2.18. The van der Waals surface area contributed by atoms with Crippen LogP contribution in [0.4, 0.5) is 17.1 Å². The maximum Gasteiger partial charge on any atom is 0.295 e. The van der Waals surface area contributed by atoms with Gasteiger partial charge in [-0.3, -0.25) is 9.11 Å². The molecular formula is C39H41N2O6S2+. The van der Waals surface area contributed by atoms with Crippen molar-refractivity contribution in [2.75, 3.05) is 18.0 Å².